The lowest BCUT2D eigenvalue weighted by Gasteiger charge is -2.37. The number of nitrogens with one attached hydrogen (secondary N) is 2. The highest BCUT2D eigenvalue weighted by Crippen LogP contribution is 2.40. The van der Waals surface area contributed by atoms with Crippen LogP contribution >= 0.6 is 0 Å². The Bertz CT molecular complexity index is 579. The van der Waals surface area contributed by atoms with Gasteiger partial charge in [0.15, 0.2) is 0 Å². The van der Waals surface area contributed by atoms with E-state index in [-0.39, 0.29) is 12.6 Å². The van der Waals surface area contributed by atoms with Crippen LogP contribution in [0.15, 0.2) is 18.2 Å². The molecule has 1 aromatic rings. The Hall–Kier alpha value is -2.04. The normalized spacial score (nSPS) is 18.5. The molecule has 5 heteroatoms. The minimum atomic E-state index is -0.813. The van der Waals surface area contributed by atoms with Crippen molar-refractivity contribution in [2.24, 2.45) is 5.41 Å². The molecule has 0 heterocycles. The van der Waals surface area contributed by atoms with E-state index in [0.717, 1.165) is 24.9 Å². The van der Waals surface area contributed by atoms with Crippen molar-refractivity contribution in [2.75, 3.05) is 11.9 Å². The first kappa shape index (κ1) is 13.9. The molecule has 0 aliphatic heterocycles. The van der Waals surface area contributed by atoms with E-state index in [9.17, 15) is 14.7 Å². The van der Waals surface area contributed by atoms with Gasteiger partial charge >= 0.3 is 12.0 Å². The molecule has 0 radical (unpaired) electrons. The number of carboxylic acid groups (broad SMARTS) is 1. The maximum Gasteiger partial charge on any atom is 0.319 e. The minimum Gasteiger partial charge on any atom is -0.481 e. The molecule has 5 nitrogen and oxygen atoms in total. The van der Waals surface area contributed by atoms with E-state index < -0.39 is 11.4 Å². The molecule has 112 valence electrons. The summed E-state index contributed by atoms with van der Waals surface area (Å²) in [6.45, 7) is 0.194. The van der Waals surface area contributed by atoms with E-state index in [1.807, 2.05) is 12.1 Å². The standard InChI is InChI=1S/C16H20N2O3/c19-14(20)16(7-2-8-16)10-17-15(21)18-13-6-5-11-3-1-4-12(11)9-13/h5-6,9H,1-4,7-8,10H2,(H,19,20)(H2,17,18,21). The summed E-state index contributed by atoms with van der Waals surface area (Å²) in [4.78, 5) is 23.1. The van der Waals surface area contributed by atoms with Gasteiger partial charge in [-0.15, -0.1) is 0 Å². The number of aryl methyl sites for hydroxylation is 2. The first-order valence-corrected chi connectivity index (χ1v) is 7.49. The Morgan fingerprint density at radius 1 is 1.14 bits per heavy atom. The molecule has 2 aliphatic carbocycles. The number of hydrogen-bond acceptors (Lipinski definition) is 2. The fourth-order valence-corrected chi connectivity index (χ4v) is 3.14. The van der Waals surface area contributed by atoms with Crippen molar-refractivity contribution >= 4 is 17.7 Å². The average Bonchev–Trinajstić information content (AvgIpc) is 2.84. The van der Waals surface area contributed by atoms with Gasteiger partial charge in [0.25, 0.3) is 0 Å². The van der Waals surface area contributed by atoms with Gasteiger partial charge in [-0.3, -0.25) is 4.79 Å². The Morgan fingerprint density at radius 2 is 1.90 bits per heavy atom. The third kappa shape index (κ3) is 2.73. The van der Waals surface area contributed by atoms with Crippen LogP contribution in [0.1, 0.15) is 36.8 Å². The van der Waals surface area contributed by atoms with Crippen LogP contribution in [0.4, 0.5) is 10.5 Å². The zero-order chi connectivity index (χ0) is 14.9. The van der Waals surface area contributed by atoms with Gasteiger partial charge in [0.05, 0.1) is 5.41 Å². The van der Waals surface area contributed by atoms with Gasteiger partial charge in [0.2, 0.25) is 0 Å². The molecule has 1 aromatic carbocycles. The largest absolute Gasteiger partial charge is 0.481 e. The predicted octanol–water partition coefficient (Wildman–Crippen LogP) is 2.55. The third-order valence-corrected chi connectivity index (χ3v) is 4.71. The summed E-state index contributed by atoms with van der Waals surface area (Å²) < 4.78 is 0. The highest BCUT2D eigenvalue weighted by atomic mass is 16.4. The number of aliphatic carboxylic acids is 1. The molecule has 1 fully saturated rings. The lowest BCUT2D eigenvalue weighted by Crippen LogP contribution is -2.48. The Balaban J connectivity index is 1.56. The lowest BCUT2D eigenvalue weighted by molar-refractivity contribution is -0.153. The van der Waals surface area contributed by atoms with Crippen molar-refractivity contribution in [3.63, 3.8) is 0 Å². The summed E-state index contributed by atoms with van der Waals surface area (Å²) in [6.07, 6.45) is 5.55. The molecule has 2 amide bonds. The van der Waals surface area contributed by atoms with Crippen LogP contribution in [-0.4, -0.2) is 23.7 Å². The van der Waals surface area contributed by atoms with E-state index in [1.165, 1.54) is 17.5 Å². The number of benzene rings is 1. The predicted molar refractivity (Wildman–Crippen MR) is 79.4 cm³/mol. The molecular formula is C16H20N2O3. The number of carboxylic acids is 1. The molecule has 0 atom stereocenters. The molecule has 0 bridgehead atoms. The molecule has 0 spiro atoms. The molecule has 0 aromatic heterocycles. The first-order chi connectivity index (χ1) is 10.1. The van der Waals surface area contributed by atoms with Crippen LogP contribution < -0.4 is 10.6 Å². The third-order valence-electron chi connectivity index (χ3n) is 4.71. The van der Waals surface area contributed by atoms with E-state index >= 15 is 0 Å². The van der Waals surface area contributed by atoms with Crippen molar-refractivity contribution in [1.29, 1.82) is 0 Å². The summed E-state index contributed by atoms with van der Waals surface area (Å²) in [5, 5.41) is 14.7. The van der Waals surface area contributed by atoms with Crippen LogP contribution in [0.25, 0.3) is 0 Å². The maximum absolute atomic E-state index is 11.9. The summed E-state index contributed by atoms with van der Waals surface area (Å²) in [5.74, 6) is -0.813. The van der Waals surface area contributed by atoms with Crippen molar-refractivity contribution in [3.05, 3.63) is 29.3 Å². The number of hydrogen-bond donors (Lipinski definition) is 3. The van der Waals surface area contributed by atoms with Crippen LogP contribution in [0.3, 0.4) is 0 Å². The van der Waals surface area contributed by atoms with E-state index in [1.54, 1.807) is 0 Å². The number of anilines is 1. The smallest absolute Gasteiger partial charge is 0.319 e. The second-order valence-electron chi connectivity index (χ2n) is 6.08. The maximum atomic E-state index is 11.9. The number of rotatable bonds is 4. The Labute approximate surface area is 123 Å². The average molecular weight is 288 g/mol. The molecular weight excluding hydrogens is 268 g/mol. The van der Waals surface area contributed by atoms with E-state index in [2.05, 4.69) is 16.7 Å². The molecule has 1 saturated carbocycles. The quantitative estimate of drug-likeness (QED) is 0.796. The minimum absolute atomic E-state index is 0.194. The molecule has 0 unspecified atom stereocenters. The highest BCUT2D eigenvalue weighted by Gasteiger charge is 2.44. The topological polar surface area (TPSA) is 78.4 Å². The fraction of sp³-hybridized carbons (Fsp3) is 0.500. The second-order valence-corrected chi connectivity index (χ2v) is 6.08. The Morgan fingerprint density at radius 3 is 2.57 bits per heavy atom. The van der Waals surface area contributed by atoms with Crippen molar-refractivity contribution in [2.45, 2.75) is 38.5 Å². The second kappa shape index (κ2) is 5.39. The van der Waals surface area contributed by atoms with Crippen LogP contribution in [0, 0.1) is 5.41 Å². The van der Waals surface area contributed by atoms with Gasteiger partial charge < -0.3 is 15.7 Å². The first-order valence-electron chi connectivity index (χ1n) is 7.49. The lowest BCUT2D eigenvalue weighted by atomic mass is 9.69. The van der Waals surface area contributed by atoms with Gasteiger partial charge in [-0.2, -0.15) is 0 Å². The summed E-state index contributed by atoms with van der Waals surface area (Å²) in [6, 6.07) is 5.64. The van der Waals surface area contributed by atoms with E-state index in [0.29, 0.717) is 12.8 Å². The zero-order valence-electron chi connectivity index (χ0n) is 11.9. The molecule has 3 rings (SSSR count). The SMILES string of the molecule is O=C(NCC1(C(=O)O)CCC1)Nc1ccc2c(c1)CCC2. The van der Waals surface area contributed by atoms with Gasteiger partial charge in [-0.25, -0.2) is 4.79 Å². The van der Waals surface area contributed by atoms with Crippen LogP contribution in [0.2, 0.25) is 0 Å². The molecule has 0 saturated heterocycles. The highest BCUT2D eigenvalue weighted by molar-refractivity contribution is 5.90. The Kier molecular flexibility index (Phi) is 3.57. The monoisotopic (exact) mass is 288 g/mol. The van der Waals surface area contributed by atoms with Crippen molar-refractivity contribution < 1.29 is 14.7 Å². The number of amides is 2. The fourth-order valence-electron chi connectivity index (χ4n) is 3.14. The molecule has 2 aliphatic rings. The number of carbonyl (C=O) groups is 2. The number of carbonyl (C=O) groups excluding carboxylic acids is 1. The van der Waals surface area contributed by atoms with Gasteiger partial charge in [-0.1, -0.05) is 12.5 Å². The number of urea groups is 1. The molecule has 3 N–H and O–H groups in total. The molecule has 21 heavy (non-hydrogen) atoms. The number of fused-ring (bicyclic) bond motifs is 1. The van der Waals surface area contributed by atoms with E-state index in [4.69, 9.17) is 0 Å². The van der Waals surface area contributed by atoms with Gasteiger partial charge in [0.1, 0.15) is 0 Å². The van der Waals surface area contributed by atoms with Crippen molar-refractivity contribution in [1.82, 2.24) is 5.32 Å². The summed E-state index contributed by atoms with van der Waals surface area (Å²) in [7, 11) is 0. The van der Waals surface area contributed by atoms with Gasteiger partial charge in [0, 0.05) is 12.2 Å². The summed E-state index contributed by atoms with van der Waals surface area (Å²) >= 11 is 0. The zero-order valence-corrected chi connectivity index (χ0v) is 11.9. The van der Waals surface area contributed by atoms with Crippen LogP contribution in [-0.2, 0) is 17.6 Å². The van der Waals surface area contributed by atoms with Crippen LogP contribution in [0.5, 0.6) is 0 Å². The summed E-state index contributed by atoms with van der Waals surface area (Å²) in [5.41, 5.74) is 2.68. The van der Waals surface area contributed by atoms with Gasteiger partial charge in [-0.05, 0) is 55.4 Å². The van der Waals surface area contributed by atoms with Crippen molar-refractivity contribution in [3.8, 4) is 0 Å².